The molecule has 0 bridgehead atoms. The zero-order chi connectivity index (χ0) is 21.7. The van der Waals surface area contributed by atoms with E-state index < -0.39 is 34.2 Å². The first-order chi connectivity index (χ1) is 14.4. The van der Waals surface area contributed by atoms with Gasteiger partial charge in [-0.3, -0.25) is 4.79 Å². The number of hydrogen-bond donors (Lipinski definition) is 2. The van der Waals surface area contributed by atoms with Crippen molar-refractivity contribution in [3.63, 3.8) is 0 Å². The van der Waals surface area contributed by atoms with E-state index in [9.17, 15) is 18.4 Å². The Kier molecular flexibility index (Phi) is 6.84. The number of nitrogens with two attached hydrogens (primary N) is 1. The molecule has 1 aromatic heterocycles. The summed E-state index contributed by atoms with van der Waals surface area (Å²) in [7, 11) is 1.41. The Labute approximate surface area is 177 Å². The van der Waals surface area contributed by atoms with Crippen molar-refractivity contribution in [2.24, 2.45) is 5.73 Å². The summed E-state index contributed by atoms with van der Waals surface area (Å²) in [5.41, 5.74) is 6.05. The fraction of sp³-hybridized carbons (Fsp3) is 0.150. The smallest absolute Gasteiger partial charge is 0.365 e. The van der Waals surface area contributed by atoms with Crippen LogP contribution in [0.25, 0.3) is 10.9 Å². The number of hydrogen-bond acceptors (Lipinski definition) is 5. The van der Waals surface area contributed by atoms with Crippen molar-refractivity contribution in [2.75, 3.05) is 19.1 Å². The van der Waals surface area contributed by atoms with E-state index in [0.29, 0.717) is 16.7 Å². The Morgan fingerprint density at radius 1 is 1.20 bits per heavy atom. The summed E-state index contributed by atoms with van der Waals surface area (Å²) in [5, 5.41) is 3.08. The standard InChI is InChI=1S/C20H17AsF2N3O4/c1-29-18-10-16-12(9-13(18)19(24)27)17(4-7-25-16)30-11-2-3-15(14(23)8-11)26-20(28)21-5-6-22/h2-4,7-10H,5-6H2,1H3,(H2,24,27)(H,26,28). The van der Waals surface area contributed by atoms with Crippen molar-refractivity contribution in [1.29, 1.82) is 0 Å². The molecule has 155 valence electrons. The third kappa shape index (κ3) is 4.86. The van der Waals surface area contributed by atoms with Gasteiger partial charge in [0, 0.05) is 0 Å². The molecule has 3 aromatic rings. The number of carbonyl (C=O) groups is 2. The molecular formula is C20H17AsF2N3O4. The van der Waals surface area contributed by atoms with Gasteiger partial charge in [-0.2, -0.15) is 0 Å². The molecule has 7 nitrogen and oxygen atoms in total. The van der Waals surface area contributed by atoms with E-state index >= 15 is 0 Å². The zero-order valence-corrected chi connectivity index (χ0v) is 17.7. The molecule has 3 rings (SSSR count). The molecule has 1 heterocycles. The number of benzene rings is 2. The van der Waals surface area contributed by atoms with Gasteiger partial charge in [-0.05, 0) is 0 Å². The fourth-order valence-electron chi connectivity index (χ4n) is 2.68. The Morgan fingerprint density at radius 2 is 2.00 bits per heavy atom. The van der Waals surface area contributed by atoms with Gasteiger partial charge < -0.3 is 10.5 Å². The minimum atomic E-state index is -0.889. The van der Waals surface area contributed by atoms with Gasteiger partial charge in [-0.15, -0.1) is 0 Å². The average Bonchev–Trinajstić information content (AvgIpc) is 2.73. The number of methoxy groups -OCH3 is 1. The van der Waals surface area contributed by atoms with E-state index in [1.807, 2.05) is 0 Å². The molecule has 1 radical (unpaired) electrons. The van der Waals surface area contributed by atoms with Gasteiger partial charge in [0.2, 0.25) is 0 Å². The van der Waals surface area contributed by atoms with Crippen molar-refractivity contribution in [2.45, 2.75) is 5.21 Å². The van der Waals surface area contributed by atoms with E-state index in [1.165, 1.54) is 31.5 Å². The van der Waals surface area contributed by atoms with Crippen LogP contribution in [0.2, 0.25) is 5.21 Å². The van der Waals surface area contributed by atoms with Gasteiger partial charge in [-0.1, -0.05) is 0 Å². The molecule has 0 fully saturated rings. The first-order valence-corrected chi connectivity index (χ1v) is 11.0. The molecule has 0 unspecified atom stereocenters. The Bertz CT molecular complexity index is 1110. The predicted octanol–water partition coefficient (Wildman–Crippen LogP) is 3.90. The molecular weight excluding hydrogens is 459 g/mol. The molecule has 10 heteroatoms. The second kappa shape index (κ2) is 9.54. The maximum absolute atomic E-state index is 14.4. The molecule has 0 atom stereocenters. The van der Waals surface area contributed by atoms with Crippen LogP contribution in [0.3, 0.4) is 0 Å². The van der Waals surface area contributed by atoms with Crippen molar-refractivity contribution >= 4 is 42.9 Å². The Balaban J connectivity index is 1.89. The number of amides is 2. The number of anilines is 1. The van der Waals surface area contributed by atoms with E-state index in [0.717, 1.165) is 6.07 Å². The van der Waals surface area contributed by atoms with E-state index in [2.05, 4.69) is 10.3 Å². The van der Waals surface area contributed by atoms with E-state index in [-0.39, 0.29) is 32.7 Å². The number of primary amides is 1. The second-order valence-electron chi connectivity index (χ2n) is 5.99. The summed E-state index contributed by atoms with van der Waals surface area (Å²) < 4.78 is 37.1. The van der Waals surface area contributed by atoms with E-state index in [4.69, 9.17) is 15.2 Å². The number of fused-ring (bicyclic) bond motifs is 1. The van der Waals surface area contributed by atoms with Crippen LogP contribution in [0.15, 0.2) is 42.6 Å². The first kappa shape index (κ1) is 21.5. The number of rotatable bonds is 8. The molecule has 0 saturated heterocycles. The topological polar surface area (TPSA) is 104 Å². The maximum atomic E-state index is 14.4. The number of ether oxygens (including phenoxy) is 2. The molecule has 0 aliphatic rings. The summed E-state index contributed by atoms with van der Waals surface area (Å²) in [6, 6.07) is 8.58. The van der Waals surface area contributed by atoms with Crippen molar-refractivity contribution in [3.05, 3.63) is 54.0 Å². The number of nitrogens with one attached hydrogen (secondary N) is 1. The number of halogens is 2. The number of aromatic nitrogens is 1. The van der Waals surface area contributed by atoms with Gasteiger partial charge in [0.15, 0.2) is 0 Å². The third-order valence-corrected chi connectivity index (χ3v) is 5.70. The van der Waals surface area contributed by atoms with Crippen molar-refractivity contribution in [1.82, 2.24) is 4.98 Å². The molecule has 0 aliphatic heterocycles. The molecule has 0 saturated carbocycles. The van der Waals surface area contributed by atoms with Crippen LogP contribution >= 0.6 is 0 Å². The molecule has 2 aromatic carbocycles. The quantitative estimate of drug-likeness (QED) is 0.480. The SMILES string of the molecule is COc1cc2nccc(Oc3ccc(NC(=O)[As]CCF)c(F)c3)c2cc1C(N)=O. The number of nitrogens with zero attached hydrogens (tertiary/aromatic N) is 1. The van der Waals surface area contributed by atoms with Crippen LogP contribution in [-0.2, 0) is 0 Å². The summed E-state index contributed by atoms with van der Waals surface area (Å²) in [4.78, 5) is 27.6. The van der Waals surface area contributed by atoms with E-state index in [1.54, 1.807) is 12.1 Å². The van der Waals surface area contributed by atoms with Crippen LogP contribution in [0, 0.1) is 5.82 Å². The Hall–Kier alpha value is -3.19. The monoisotopic (exact) mass is 476 g/mol. The number of alkyl halides is 1. The molecule has 2 amide bonds. The van der Waals surface area contributed by atoms with Crippen LogP contribution in [0.5, 0.6) is 17.2 Å². The third-order valence-electron chi connectivity index (χ3n) is 4.04. The van der Waals surface area contributed by atoms with Crippen LogP contribution in [0.4, 0.5) is 19.3 Å². The van der Waals surface area contributed by atoms with Crippen molar-refractivity contribution < 1.29 is 27.8 Å². The second-order valence-corrected chi connectivity index (χ2v) is 8.44. The van der Waals surface area contributed by atoms with Gasteiger partial charge in [0.1, 0.15) is 0 Å². The summed E-state index contributed by atoms with van der Waals surface area (Å²) in [6.45, 7) is -0.577. The minimum absolute atomic E-state index is 0.0122. The zero-order valence-electron chi connectivity index (χ0n) is 15.8. The predicted molar refractivity (Wildman–Crippen MR) is 109 cm³/mol. The van der Waals surface area contributed by atoms with Gasteiger partial charge >= 0.3 is 155 Å². The van der Waals surface area contributed by atoms with Crippen LogP contribution in [0.1, 0.15) is 10.4 Å². The van der Waals surface area contributed by atoms with Gasteiger partial charge in [0.05, 0.1) is 7.11 Å². The first-order valence-electron chi connectivity index (χ1n) is 8.71. The van der Waals surface area contributed by atoms with Gasteiger partial charge in [-0.25, -0.2) is 0 Å². The fourth-order valence-corrected chi connectivity index (χ4v) is 3.71. The number of carbonyl (C=O) groups excluding carboxylic acids is 2. The molecule has 0 aliphatic carbocycles. The average molecular weight is 476 g/mol. The van der Waals surface area contributed by atoms with Crippen molar-refractivity contribution in [3.8, 4) is 17.2 Å². The Morgan fingerprint density at radius 3 is 2.67 bits per heavy atom. The summed E-state index contributed by atoms with van der Waals surface area (Å²) in [6.07, 6.45) is 1.50. The normalized spacial score (nSPS) is 11.0. The van der Waals surface area contributed by atoms with Gasteiger partial charge in [0.25, 0.3) is 0 Å². The molecule has 0 spiro atoms. The summed E-state index contributed by atoms with van der Waals surface area (Å²) in [5.74, 6) is -0.591. The molecule has 3 N–H and O–H groups in total. The minimum Gasteiger partial charge on any atom is -0.365 e. The number of pyridine rings is 1. The molecule has 30 heavy (non-hydrogen) atoms. The summed E-state index contributed by atoms with van der Waals surface area (Å²) >= 11 is -0.889. The van der Waals surface area contributed by atoms with Crippen LogP contribution < -0.4 is 20.5 Å². The van der Waals surface area contributed by atoms with Crippen LogP contribution in [-0.4, -0.2) is 45.1 Å².